The van der Waals surface area contributed by atoms with Gasteiger partial charge in [-0.15, -0.1) is 11.3 Å². The fraction of sp³-hybridized carbons (Fsp3) is 0.600. The van der Waals surface area contributed by atoms with Crippen LogP contribution in [-0.2, 0) is 17.9 Å². The molecule has 1 atom stereocenters. The first-order valence-electron chi connectivity index (χ1n) is 7.85. The van der Waals surface area contributed by atoms with Gasteiger partial charge in [0.1, 0.15) is 11.6 Å². The van der Waals surface area contributed by atoms with Gasteiger partial charge in [0.2, 0.25) is 5.91 Å². The first kappa shape index (κ1) is 16.1. The molecule has 0 aliphatic carbocycles. The van der Waals surface area contributed by atoms with E-state index in [1.807, 2.05) is 23.9 Å². The normalized spacial score (nSPS) is 18.5. The molecular formula is C15H22N6OS. The maximum Gasteiger partial charge on any atom is 0.223 e. The average molecular weight is 334 g/mol. The maximum atomic E-state index is 11.1. The number of nitrogens with zero attached hydrogens (tertiary/aromatic N) is 5. The van der Waals surface area contributed by atoms with E-state index in [1.165, 1.54) is 31.1 Å². The lowest BCUT2D eigenvalue weighted by atomic mass is 10.2. The summed E-state index contributed by atoms with van der Waals surface area (Å²) in [7, 11) is 0. The molecule has 0 radical (unpaired) electrons. The average Bonchev–Trinajstić information content (AvgIpc) is 3.14. The van der Waals surface area contributed by atoms with Crippen LogP contribution in [0.2, 0.25) is 0 Å². The molecule has 0 unspecified atom stereocenters. The summed E-state index contributed by atoms with van der Waals surface area (Å²) in [5.74, 6) is 1.71. The minimum Gasteiger partial charge on any atom is -0.302 e. The Bertz CT molecular complexity index is 694. The Balaban J connectivity index is 1.63. The number of carbonyl (C=O) groups is 1. The van der Waals surface area contributed by atoms with Gasteiger partial charge in [0, 0.05) is 24.9 Å². The van der Waals surface area contributed by atoms with Crippen molar-refractivity contribution in [3.63, 3.8) is 0 Å². The third-order valence-corrected chi connectivity index (χ3v) is 4.85. The number of hydrogen-bond acceptors (Lipinski definition) is 6. The van der Waals surface area contributed by atoms with Crippen molar-refractivity contribution in [2.24, 2.45) is 0 Å². The van der Waals surface area contributed by atoms with E-state index in [9.17, 15) is 4.79 Å². The van der Waals surface area contributed by atoms with E-state index in [0.717, 1.165) is 37.0 Å². The van der Waals surface area contributed by atoms with Gasteiger partial charge in [0.05, 0.1) is 12.2 Å². The second kappa shape index (κ2) is 6.76. The van der Waals surface area contributed by atoms with Crippen LogP contribution < -0.4 is 5.32 Å². The second-order valence-electron chi connectivity index (χ2n) is 5.98. The van der Waals surface area contributed by atoms with Crippen molar-refractivity contribution in [3.05, 3.63) is 22.7 Å². The molecule has 0 saturated carbocycles. The molecule has 1 N–H and O–H groups in total. The molecule has 1 aliphatic rings. The highest BCUT2D eigenvalue weighted by Gasteiger charge is 2.26. The zero-order chi connectivity index (χ0) is 16.4. The van der Waals surface area contributed by atoms with Crippen molar-refractivity contribution < 1.29 is 4.79 Å². The summed E-state index contributed by atoms with van der Waals surface area (Å²) in [5.41, 5.74) is 1.01. The summed E-state index contributed by atoms with van der Waals surface area (Å²) >= 11 is 1.47. The van der Waals surface area contributed by atoms with Crippen molar-refractivity contribution in [2.75, 3.05) is 11.9 Å². The van der Waals surface area contributed by atoms with E-state index in [0.29, 0.717) is 11.2 Å². The van der Waals surface area contributed by atoms with Crippen molar-refractivity contribution >= 4 is 22.4 Å². The van der Waals surface area contributed by atoms with Crippen molar-refractivity contribution in [2.45, 2.75) is 52.7 Å². The van der Waals surface area contributed by atoms with Crippen LogP contribution in [0, 0.1) is 13.8 Å². The fourth-order valence-electron chi connectivity index (χ4n) is 3.04. The molecule has 2 aromatic heterocycles. The number of carbonyl (C=O) groups excluding carboxylic acids is 1. The molecule has 0 spiro atoms. The van der Waals surface area contributed by atoms with Gasteiger partial charge in [-0.05, 0) is 33.2 Å². The molecule has 124 valence electrons. The zero-order valence-corrected chi connectivity index (χ0v) is 14.6. The molecule has 1 fully saturated rings. The number of aryl methyl sites for hydroxylation is 2. The van der Waals surface area contributed by atoms with Gasteiger partial charge >= 0.3 is 0 Å². The van der Waals surface area contributed by atoms with Crippen molar-refractivity contribution in [3.8, 4) is 0 Å². The minimum atomic E-state index is -0.0815. The first-order chi connectivity index (χ1) is 11.0. The lowest BCUT2D eigenvalue weighted by Crippen LogP contribution is -2.33. The Labute approximate surface area is 139 Å². The summed E-state index contributed by atoms with van der Waals surface area (Å²) in [6, 6.07) is 0.459. The number of hydrogen-bond donors (Lipinski definition) is 1. The van der Waals surface area contributed by atoms with Crippen LogP contribution in [0.4, 0.5) is 5.13 Å². The van der Waals surface area contributed by atoms with Gasteiger partial charge in [-0.25, -0.2) is 14.6 Å². The van der Waals surface area contributed by atoms with Crippen LogP contribution in [0.1, 0.15) is 37.1 Å². The Morgan fingerprint density at radius 2 is 2.26 bits per heavy atom. The predicted octanol–water partition coefficient (Wildman–Crippen LogP) is 1.97. The summed E-state index contributed by atoms with van der Waals surface area (Å²) < 4.78 is 2.00. The topological polar surface area (TPSA) is 75.9 Å². The largest absolute Gasteiger partial charge is 0.302 e. The molecule has 7 nitrogen and oxygen atoms in total. The molecule has 1 saturated heterocycles. The molecule has 3 rings (SSSR count). The number of rotatable bonds is 5. The number of thiazole rings is 1. The van der Waals surface area contributed by atoms with Crippen LogP contribution in [0.5, 0.6) is 0 Å². The molecule has 1 aliphatic heterocycles. The maximum absolute atomic E-state index is 11.1. The first-order valence-corrected chi connectivity index (χ1v) is 8.73. The molecule has 0 aromatic carbocycles. The quantitative estimate of drug-likeness (QED) is 0.905. The van der Waals surface area contributed by atoms with E-state index < -0.39 is 0 Å². The van der Waals surface area contributed by atoms with E-state index in [1.54, 1.807) is 0 Å². The van der Waals surface area contributed by atoms with Crippen LogP contribution >= 0.6 is 11.3 Å². The molecular weight excluding hydrogens is 312 g/mol. The monoisotopic (exact) mass is 334 g/mol. The van der Waals surface area contributed by atoms with Crippen LogP contribution in [-0.4, -0.2) is 43.1 Å². The third kappa shape index (κ3) is 3.94. The fourth-order valence-corrected chi connectivity index (χ4v) is 3.79. The Hall–Kier alpha value is -1.80. The number of anilines is 1. The van der Waals surface area contributed by atoms with Crippen molar-refractivity contribution in [1.82, 2.24) is 24.6 Å². The molecule has 3 heterocycles. The number of amides is 1. The van der Waals surface area contributed by atoms with E-state index in [-0.39, 0.29) is 5.91 Å². The van der Waals surface area contributed by atoms with E-state index in [2.05, 4.69) is 25.3 Å². The SMILES string of the molecule is CC(=O)Nc1nc(CN2CCC[C@H]2Cn2nc(C)nc2C)cs1. The number of likely N-dealkylation sites (tertiary alicyclic amines) is 1. The second-order valence-corrected chi connectivity index (χ2v) is 6.84. The summed E-state index contributed by atoms with van der Waals surface area (Å²) in [4.78, 5) is 22.4. The lowest BCUT2D eigenvalue weighted by Gasteiger charge is -2.23. The predicted molar refractivity (Wildman–Crippen MR) is 89.3 cm³/mol. The standard InChI is InChI=1S/C15H22N6OS/c1-10-16-11(2)21(19-10)8-14-5-4-6-20(14)7-13-9-23-15(18-13)17-12(3)22/h9,14H,4-8H2,1-3H3,(H,17,18,22)/t14-/m0/s1. The Morgan fingerprint density at radius 3 is 2.96 bits per heavy atom. The summed E-state index contributed by atoms with van der Waals surface area (Å²) in [6.45, 7) is 8.18. The van der Waals surface area contributed by atoms with E-state index in [4.69, 9.17) is 0 Å². The smallest absolute Gasteiger partial charge is 0.223 e. The number of nitrogens with one attached hydrogen (secondary N) is 1. The lowest BCUT2D eigenvalue weighted by molar-refractivity contribution is -0.114. The number of aromatic nitrogens is 4. The summed E-state index contributed by atoms with van der Waals surface area (Å²) in [5, 5.41) is 9.90. The molecule has 0 bridgehead atoms. The highest BCUT2D eigenvalue weighted by molar-refractivity contribution is 7.13. The Morgan fingerprint density at radius 1 is 1.43 bits per heavy atom. The van der Waals surface area contributed by atoms with Gasteiger partial charge in [0.25, 0.3) is 0 Å². The zero-order valence-electron chi connectivity index (χ0n) is 13.7. The Kier molecular flexibility index (Phi) is 4.72. The molecule has 23 heavy (non-hydrogen) atoms. The third-order valence-electron chi connectivity index (χ3n) is 4.05. The van der Waals surface area contributed by atoms with Gasteiger partial charge < -0.3 is 5.32 Å². The van der Waals surface area contributed by atoms with Gasteiger partial charge in [-0.2, -0.15) is 5.10 Å². The highest BCUT2D eigenvalue weighted by atomic mass is 32.1. The van der Waals surface area contributed by atoms with Crippen molar-refractivity contribution in [1.29, 1.82) is 0 Å². The molecule has 1 amide bonds. The minimum absolute atomic E-state index is 0.0815. The van der Waals surface area contributed by atoms with Crippen LogP contribution in [0.3, 0.4) is 0 Å². The van der Waals surface area contributed by atoms with Crippen LogP contribution in [0.15, 0.2) is 5.38 Å². The molecule has 8 heteroatoms. The summed E-state index contributed by atoms with van der Waals surface area (Å²) in [6.07, 6.45) is 2.36. The van der Waals surface area contributed by atoms with Crippen LogP contribution in [0.25, 0.3) is 0 Å². The molecule has 2 aromatic rings. The van der Waals surface area contributed by atoms with Gasteiger partial charge in [0.15, 0.2) is 5.13 Å². The van der Waals surface area contributed by atoms with Gasteiger partial charge in [-0.1, -0.05) is 0 Å². The van der Waals surface area contributed by atoms with E-state index >= 15 is 0 Å². The highest BCUT2D eigenvalue weighted by Crippen LogP contribution is 2.23. The van der Waals surface area contributed by atoms with Gasteiger partial charge in [-0.3, -0.25) is 9.69 Å².